The lowest BCUT2D eigenvalue weighted by Gasteiger charge is -2.05. The van der Waals surface area contributed by atoms with E-state index in [2.05, 4.69) is 15.6 Å². The summed E-state index contributed by atoms with van der Waals surface area (Å²) in [4.78, 5) is 26.6. The maximum Gasteiger partial charge on any atom is 0.251 e. The highest BCUT2D eigenvalue weighted by molar-refractivity contribution is 5.94. The summed E-state index contributed by atoms with van der Waals surface area (Å²) in [7, 11) is 0. The molecule has 4 N–H and O–H groups in total. The van der Waals surface area contributed by atoms with E-state index in [0.29, 0.717) is 17.8 Å². The zero-order chi connectivity index (χ0) is 12.7. The molecule has 0 bridgehead atoms. The molecule has 0 fully saturated rings. The molecule has 1 rings (SSSR count). The Balaban J connectivity index is 2.65. The van der Waals surface area contributed by atoms with Gasteiger partial charge >= 0.3 is 0 Å². The van der Waals surface area contributed by atoms with Gasteiger partial charge in [0.15, 0.2) is 0 Å². The Labute approximate surface area is 99.6 Å². The van der Waals surface area contributed by atoms with Crippen LogP contribution in [0.1, 0.15) is 23.0 Å². The van der Waals surface area contributed by atoms with E-state index < -0.39 is 0 Å². The van der Waals surface area contributed by atoms with Crippen LogP contribution in [0.4, 0.5) is 0 Å². The van der Waals surface area contributed by atoms with Crippen molar-refractivity contribution in [3.63, 3.8) is 0 Å². The van der Waals surface area contributed by atoms with Gasteiger partial charge < -0.3 is 16.4 Å². The summed E-state index contributed by atoms with van der Waals surface area (Å²) in [5.41, 5.74) is 6.30. The molecule has 0 saturated carbocycles. The zero-order valence-electron chi connectivity index (χ0n) is 9.69. The van der Waals surface area contributed by atoms with Crippen molar-refractivity contribution in [3.05, 3.63) is 29.6 Å². The van der Waals surface area contributed by atoms with Crippen LogP contribution in [0.5, 0.6) is 0 Å². The topological polar surface area (TPSA) is 97.1 Å². The minimum Gasteiger partial charge on any atom is -0.352 e. The van der Waals surface area contributed by atoms with Gasteiger partial charge in [-0.25, -0.2) is 0 Å². The molecular weight excluding hydrogens is 220 g/mol. The molecule has 0 unspecified atom stereocenters. The minimum absolute atomic E-state index is 0.0595. The van der Waals surface area contributed by atoms with Gasteiger partial charge in [-0.05, 0) is 19.1 Å². The molecule has 0 aliphatic heterocycles. The van der Waals surface area contributed by atoms with Gasteiger partial charge in [0.1, 0.15) is 0 Å². The van der Waals surface area contributed by atoms with Crippen LogP contribution in [0.25, 0.3) is 0 Å². The number of hydrogen-bond acceptors (Lipinski definition) is 4. The number of amides is 2. The van der Waals surface area contributed by atoms with E-state index in [1.165, 1.54) is 6.20 Å². The van der Waals surface area contributed by atoms with Crippen LogP contribution in [-0.2, 0) is 11.3 Å². The SMILES string of the molecule is CCNC(=O)c1ccnc(CNC(=O)CN)c1. The molecule has 6 heteroatoms. The Morgan fingerprint density at radius 2 is 2.18 bits per heavy atom. The first-order valence-electron chi connectivity index (χ1n) is 5.37. The normalized spacial score (nSPS) is 9.76. The van der Waals surface area contributed by atoms with Crippen molar-refractivity contribution in [2.24, 2.45) is 5.73 Å². The van der Waals surface area contributed by atoms with Crippen molar-refractivity contribution < 1.29 is 9.59 Å². The molecule has 17 heavy (non-hydrogen) atoms. The molecule has 0 aliphatic carbocycles. The van der Waals surface area contributed by atoms with E-state index in [4.69, 9.17) is 5.73 Å². The number of pyridine rings is 1. The number of carbonyl (C=O) groups is 2. The molecule has 0 radical (unpaired) electrons. The van der Waals surface area contributed by atoms with Crippen molar-refractivity contribution in [2.45, 2.75) is 13.5 Å². The first-order valence-corrected chi connectivity index (χ1v) is 5.37. The van der Waals surface area contributed by atoms with E-state index in [9.17, 15) is 9.59 Å². The number of hydrogen-bond donors (Lipinski definition) is 3. The standard InChI is InChI=1S/C11H16N4O2/c1-2-13-11(17)8-3-4-14-9(5-8)7-15-10(16)6-12/h3-5H,2,6-7,12H2,1H3,(H,13,17)(H,15,16). The average molecular weight is 236 g/mol. The fourth-order valence-electron chi connectivity index (χ4n) is 1.24. The molecule has 1 aromatic heterocycles. The van der Waals surface area contributed by atoms with Crippen LogP contribution in [0.15, 0.2) is 18.3 Å². The van der Waals surface area contributed by atoms with E-state index in [-0.39, 0.29) is 24.9 Å². The molecule has 0 spiro atoms. The summed E-state index contributed by atoms with van der Waals surface area (Å²) >= 11 is 0. The largest absolute Gasteiger partial charge is 0.352 e. The molecule has 0 aliphatic rings. The fourth-order valence-corrected chi connectivity index (χ4v) is 1.24. The zero-order valence-corrected chi connectivity index (χ0v) is 9.69. The molecule has 1 heterocycles. The maximum absolute atomic E-state index is 11.5. The number of aromatic nitrogens is 1. The van der Waals surface area contributed by atoms with Crippen LogP contribution in [0, 0.1) is 0 Å². The summed E-state index contributed by atoms with van der Waals surface area (Å²) in [5.74, 6) is -0.406. The second kappa shape index (κ2) is 6.59. The second-order valence-corrected chi connectivity index (χ2v) is 3.38. The highest BCUT2D eigenvalue weighted by Gasteiger charge is 2.06. The summed E-state index contributed by atoms with van der Waals surface area (Å²) in [6, 6.07) is 3.26. The van der Waals surface area contributed by atoms with Crippen LogP contribution in [0.2, 0.25) is 0 Å². The monoisotopic (exact) mass is 236 g/mol. The van der Waals surface area contributed by atoms with E-state index >= 15 is 0 Å². The number of carbonyl (C=O) groups excluding carboxylic acids is 2. The lowest BCUT2D eigenvalue weighted by molar-refractivity contribution is -0.119. The van der Waals surface area contributed by atoms with Crippen molar-refractivity contribution in [1.29, 1.82) is 0 Å². The maximum atomic E-state index is 11.5. The quantitative estimate of drug-likeness (QED) is 0.636. The van der Waals surface area contributed by atoms with E-state index in [1.807, 2.05) is 6.92 Å². The first kappa shape index (κ1) is 13.1. The van der Waals surface area contributed by atoms with Crippen LogP contribution in [0.3, 0.4) is 0 Å². The molecule has 0 saturated heterocycles. The predicted octanol–water partition coefficient (Wildman–Crippen LogP) is -0.594. The van der Waals surface area contributed by atoms with Crippen LogP contribution in [-0.4, -0.2) is 29.9 Å². The molecule has 0 atom stereocenters. The smallest absolute Gasteiger partial charge is 0.251 e. The third-order valence-electron chi connectivity index (χ3n) is 2.07. The third kappa shape index (κ3) is 4.20. The van der Waals surface area contributed by atoms with Crippen molar-refractivity contribution >= 4 is 11.8 Å². The van der Waals surface area contributed by atoms with Gasteiger partial charge in [0, 0.05) is 18.3 Å². The highest BCUT2D eigenvalue weighted by atomic mass is 16.2. The first-order chi connectivity index (χ1) is 8.17. The molecule has 1 aromatic rings. The Kier molecular flexibility index (Phi) is 5.09. The average Bonchev–Trinajstić information content (AvgIpc) is 2.36. The summed E-state index contributed by atoms with van der Waals surface area (Å²) in [6.45, 7) is 2.63. The van der Waals surface area contributed by atoms with Gasteiger partial charge in [-0.2, -0.15) is 0 Å². The highest BCUT2D eigenvalue weighted by Crippen LogP contribution is 2.01. The van der Waals surface area contributed by atoms with Crippen LogP contribution < -0.4 is 16.4 Å². The number of rotatable bonds is 5. The van der Waals surface area contributed by atoms with Crippen LogP contribution >= 0.6 is 0 Å². The lowest BCUT2D eigenvalue weighted by Crippen LogP contribution is -2.30. The Morgan fingerprint density at radius 1 is 1.41 bits per heavy atom. The number of nitrogens with zero attached hydrogens (tertiary/aromatic N) is 1. The minimum atomic E-state index is -0.254. The number of nitrogens with two attached hydrogens (primary N) is 1. The number of nitrogens with one attached hydrogen (secondary N) is 2. The Morgan fingerprint density at radius 3 is 2.82 bits per heavy atom. The van der Waals surface area contributed by atoms with Gasteiger partial charge in [0.05, 0.1) is 18.8 Å². The predicted molar refractivity (Wildman–Crippen MR) is 63.1 cm³/mol. The molecule has 6 nitrogen and oxygen atoms in total. The fraction of sp³-hybridized carbons (Fsp3) is 0.364. The van der Waals surface area contributed by atoms with E-state index in [0.717, 1.165) is 0 Å². The van der Waals surface area contributed by atoms with Gasteiger partial charge in [-0.1, -0.05) is 0 Å². The molecular formula is C11H16N4O2. The molecule has 92 valence electrons. The van der Waals surface area contributed by atoms with Crippen molar-refractivity contribution in [1.82, 2.24) is 15.6 Å². The van der Waals surface area contributed by atoms with Gasteiger partial charge in [-0.15, -0.1) is 0 Å². The molecule has 2 amide bonds. The Bertz CT molecular complexity index is 406. The van der Waals surface area contributed by atoms with Crippen molar-refractivity contribution in [2.75, 3.05) is 13.1 Å². The second-order valence-electron chi connectivity index (χ2n) is 3.38. The summed E-state index contributed by atoms with van der Waals surface area (Å²) in [6.07, 6.45) is 1.54. The van der Waals surface area contributed by atoms with E-state index in [1.54, 1.807) is 12.1 Å². The Hall–Kier alpha value is -1.95. The lowest BCUT2D eigenvalue weighted by atomic mass is 10.2. The summed E-state index contributed by atoms with van der Waals surface area (Å²) in [5, 5.41) is 5.28. The van der Waals surface area contributed by atoms with Gasteiger partial charge in [0.25, 0.3) is 5.91 Å². The summed E-state index contributed by atoms with van der Waals surface area (Å²) < 4.78 is 0. The van der Waals surface area contributed by atoms with Gasteiger partial charge in [-0.3, -0.25) is 14.6 Å². The van der Waals surface area contributed by atoms with Crippen molar-refractivity contribution in [3.8, 4) is 0 Å². The van der Waals surface area contributed by atoms with Gasteiger partial charge in [0.2, 0.25) is 5.91 Å². The molecule has 0 aromatic carbocycles. The third-order valence-corrected chi connectivity index (χ3v) is 2.07.